The van der Waals surface area contributed by atoms with Crippen molar-refractivity contribution in [1.82, 2.24) is 0 Å². The quantitative estimate of drug-likeness (QED) is 0.873. The summed E-state index contributed by atoms with van der Waals surface area (Å²) in [5.41, 5.74) is 1.86. The minimum atomic E-state index is -0.0678. The molecule has 2 nitrogen and oxygen atoms in total. The molecule has 0 aliphatic carbocycles. The molecule has 100 valence electrons. The van der Waals surface area contributed by atoms with E-state index >= 15 is 0 Å². The molecule has 2 aromatic carbocycles. The Morgan fingerprint density at radius 3 is 2.53 bits per heavy atom. The molecule has 19 heavy (non-hydrogen) atoms. The molecule has 2 aromatic rings. The molecule has 0 aliphatic rings. The summed E-state index contributed by atoms with van der Waals surface area (Å²) in [6, 6.07) is 13.3. The Kier molecular flexibility index (Phi) is 4.46. The first-order valence-electron chi connectivity index (χ1n) is 6.28. The zero-order chi connectivity index (χ0) is 13.8. The average Bonchev–Trinajstić information content (AvgIpc) is 2.39. The van der Waals surface area contributed by atoms with Crippen molar-refractivity contribution in [2.45, 2.75) is 26.4 Å². The molecule has 0 atom stereocenters. The number of hydrogen-bond donors (Lipinski definition) is 1. The van der Waals surface area contributed by atoms with Crippen molar-refractivity contribution in [3.05, 3.63) is 58.6 Å². The predicted octanol–water partition coefficient (Wildman–Crippen LogP) is 4.75. The SMILES string of the molecule is CC(C)c1ccccc1Oc1ccc(CO)c(Cl)c1. The normalized spacial score (nSPS) is 10.8. The third-order valence-electron chi connectivity index (χ3n) is 2.96. The molecular weight excluding hydrogens is 260 g/mol. The Morgan fingerprint density at radius 2 is 1.89 bits per heavy atom. The number of aliphatic hydroxyl groups is 1. The first-order chi connectivity index (χ1) is 9.11. The molecule has 0 unspecified atom stereocenters. The highest BCUT2D eigenvalue weighted by Gasteiger charge is 2.09. The molecule has 0 aliphatic heterocycles. The summed E-state index contributed by atoms with van der Waals surface area (Å²) < 4.78 is 5.89. The van der Waals surface area contributed by atoms with Crippen LogP contribution in [-0.4, -0.2) is 5.11 Å². The molecule has 0 saturated heterocycles. The van der Waals surface area contributed by atoms with Crippen molar-refractivity contribution < 1.29 is 9.84 Å². The Morgan fingerprint density at radius 1 is 1.16 bits per heavy atom. The predicted molar refractivity (Wildman–Crippen MR) is 78.0 cm³/mol. The van der Waals surface area contributed by atoms with E-state index in [0.717, 1.165) is 11.3 Å². The van der Waals surface area contributed by atoms with E-state index in [1.165, 1.54) is 0 Å². The molecule has 0 radical (unpaired) electrons. The lowest BCUT2D eigenvalue weighted by Gasteiger charge is -2.14. The van der Waals surface area contributed by atoms with Crippen LogP contribution in [0.15, 0.2) is 42.5 Å². The van der Waals surface area contributed by atoms with Gasteiger partial charge in [-0.15, -0.1) is 0 Å². The van der Waals surface area contributed by atoms with Crippen LogP contribution in [0.1, 0.15) is 30.9 Å². The smallest absolute Gasteiger partial charge is 0.130 e. The molecule has 0 aromatic heterocycles. The van der Waals surface area contributed by atoms with E-state index in [2.05, 4.69) is 19.9 Å². The number of hydrogen-bond acceptors (Lipinski definition) is 2. The second kappa shape index (κ2) is 6.09. The average molecular weight is 277 g/mol. The van der Waals surface area contributed by atoms with Gasteiger partial charge in [0.2, 0.25) is 0 Å². The van der Waals surface area contributed by atoms with Gasteiger partial charge in [-0.1, -0.05) is 49.7 Å². The fourth-order valence-corrected chi connectivity index (χ4v) is 2.13. The second-order valence-electron chi connectivity index (χ2n) is 4.71. The number of benzene rings is 2. The molecule has 0 heterocycles. The lowest BCUT2D eigenvalue weighted by atomic mass is 10.0. The highest BCUT2D eigenvalue weighted by atomic mass is 35.5. The summed E-state index contributed by atoms with van der Waals surface area (Å²) in [5, 5.41) is 9.61. The van der Waals surface area contributed by atoms with E-state index in [1.54, 1.807) is 12.1 Å². The maximum Gasteiger partial charge on any atom is 0.130 e. The molecular formula is C16H17ClO2. The van der Waals surface area contributed by atoms with Gasteiger partial charge >= 0.3 is 0 Å². The third kappa shape index (κ3) is 3.28. The summed E-state index contributed by atoms with van der Waals surface area (Å²) in [4.78, 5) is 0. The summed E-state index contributed by atoms with van der Waals surface area (Å²) in [6.45, 7) is 4.19. The largest absolute Gasteiger partial charge is 0.457 e. The zero-order valence-electron chi connectivity index (χ0n) is 11.1. The maximum absolute atomic E-state index is 9.09. The highest BCUT2D eigenvalue weighted by molar-refractivity contribution is 6.31. The number of aliphatic hydroxyl groups excluding tert-OH is 1. The van der Waals surface area contributed by atoms with Crippen LogP contribution in [0.4, 0.5) is 0 Å². The van der Waals surface area contributed by atoms with Crippen LogP contribution in [0.25, 0.3) is 0 Å². The van der Waals surface area contributed by atoms with E-state index in [0.29, 0.717) is 22.3 Å². The molecule has 0 fully saturated rings. The van der Waals surface area contributed by atoms with E-state index in [-0.39, 0.29) is 6.61 Å². The van der Waals surface area contributed by atoms with Crippen molar-refractivity contribution in [2.24, 2.45) is 0 Å². The van der Waals surface area contributed by atoms with Crippen molar-refractivity contribution in [1.29, 1.82) is 0 Å². The summed E-state index contributed by atoms with van der Waals surface area (Å²) >= 11 is 6.06. The van der Waals surface area contributed by atoms with Gasteiger partial charge in [0.1, 0.15) is 11.5 Å². The van der Waals surface area contributed by atoms with Gasteiger partial charge in [-0.05, 0) is 35.2 Å². The molecule has 0 bridgehead atoms. The van der Waals surface area contributed by atoms with Gasteiger partial charge in [0.05, 0.1) is 6.61 Å². The van der Waals surface area contributed by atoms with Crippen LogP contribution in [0, 0.1) is 0 Å². The molecule has 0 spiro atoms. The summed E-state index contributed by atoms with van der Waals surface area (Å²) in [5.74, 6) is 1.91. The standard InChI is InChI=1S/C16H17ClO2/c1-11(2)14-5-3-4-6-16(14)19-13-8-7-12(10-18)15(17)9-13/h3-9,11,18H,10H2,1-2H3. The third-order valence-corrected chi connectivity index (χ3v) is 3.32. The van der Waals surface area contributed by atoms with Crippen LogP contribution in [-0.2, 0) is 6.61 Å². The van der Waals surface area contributed by atoms with Gasteiger partial charge < -0.3 is 9.84 Å². The topological polar surface area (TPSA) is 29.5 Å². The van der Waals surface area contributed by atoms with Gasteiger partial charge in [-0.2, -0.15) is 0 Å². The minimum absolute atomic E-state index is 0.0678. The van der Waals surface area contributed by atoms with Gasteiger partial charge in [0, 0.05) is 5.02 Å². The minimum Gasteiger partial charge on any atom is -0.457 e. The van der Waals surface area contributed by atoms with E-state index < -0.39 is 0 Å². The Hall–Kier alpha value is -1.51. The highest BCUT2D eigenvalue weighted by Crippen LogP contribution is 2.32. The molecule has 0 saturated carbocycles. The van der Waals surface area contributed by atoms with Crippen molar-refractivity contribution in [3.8, 4) is 11.5 Å². The van der Waals surface area contributed by atoms with Crippen molar-refractivity contribution in [3.63, 3.8) is 0 Å². The van der Waals surface area contributed by atoms with Crippen molar-refractivity contribution in [2.75, 3.05) is 0 Å². The molecule has 3 heteroatoms. The van der Waals surface area contributed by atoms with Crippen LogP contribution in [0.3, 0.4) is 0 Å². The number of ether oxygens (including phenoxy) is 1. The number of rotatable bonds is 4. The molecule has 0 amide bonds. The van der Waals surface area contributed by atoms with Crippen LogP contribution in [0.5, 0.6) is 11.5 Å². The zero-order valence-corrected chi connectivity index (χ0v) is 11.8. The summed E-state index contributed by atoms with van der Waals surface area (Å²) in [6.07, 6.45) is 0. The van der Waals surface area contributed by atoms with Crippen LogP contribution in [0.2, 0.25) is 5.02 Å². The Bertz CT molecular complexity index is 564. The van der Waals surface area contributed by atoms with Gasteiger partial charge in [0.15, 0.2) is 0 Å². The molecule has 2 rings (SSSR count). The first-order valence-corrected chi connectivity index (χ1v) is 6.65. The van der Waals surface area contributed by atoms with E-state index in [4.69, 9.17) is 21.4 Å². The number of halogens is 1. The fraction of sp³-hybridized carbons (Fsp3) is 0.250. The molecule has 1 N–H and O–H groups in total. The van der Waals surface area contributed by atoms with Crippen LogP contribution < -0.4 is 4.74 Å². The first kappa shape index (κ1) is 13.9. The van der Waals surface area contributed by atoms with Crippen molar-refractivity contribution >= 4 is 11.6 Å². The lowest BCUT2D eigenvalue weighted by molar-refractivity contribution is 0.282. The van der Waals surface area contributed by atoms with E-state index in [1.807, 2.05) is 24.3 Å². The lowest BCUT2D eigenvalue weighted by Crippen LogP contribution is -1.94. The van der Waals surface area contributed by atoms with Crippen LogP contribution >= 0.6 is 11.6 Å². The van der Waals surface area contributed by atoms with E-state index in [9.17, 15) is 0 Å². The van der Waals surface area contributed by atoms with Gasteiger partial charge in [-0.3, -0.25) is 0 Å². The Labute approximate surface area is 118 Å². The monoisotopic (exact) mass is 276 g/mol. The summed E-state index contributed by atoms with van der Waals surface area (Å²) in [7, 11) is 0. The van der Waals surface area contributed by atoms with Gasteiger partial charge in [0.25, 0.3) is 0 Å². The Balaban J connectivity index is 2.29. The second-order valence-corrected chi connectivity index (χ2v) is 5.11. The fourth-order valence-electron chi connectivity index (χ4n) is 1.90. The maximum atomic E-state index is 9.09. The van der Waals surface area contributed by atoms with Gasteiger partial charge in [-0.25, -0.2) is 0 Å². The number of para-hydroxylation sites is 1.